The second-order valence-electron chi connectivity index (χ2n) is 4.54. The number of nitrogens with one attached hydrogen (secondary N) is 1. The van der Waals surface area contributed by atoms with Crippen LogP contribution in [0.1, 0.15) is 10.4 Å². The van der Waals surface area contributed by atoms with Crippen LogP contribution in [0.4, 0.5) is 15.9 Å². The van der Waals surface area contributed by atoms with Crippen LogP contribution >= 0.6 is 11.6 Å². The number of anilines is 2. The summed E-state index contributed by atoms with van der Waals surface area (Å²) in [4.78, 5) is 22.0. The summed E-state index contributed by atoms with van der Waals surface area (Å²) in [6, 6.07) is 4.19. The lowest BCUT2D eigenvalue weighted by molar-refractivity contribution is 0.102. The second-order valence-corrected chi connectivity index (χ2v) is 4.95. The summed E-state index contributed by atoms with van der Waals surface area (Å²) >= 11 is 5.88. The van der Waals surface area contributed by atoms with Crippen molar-refractivity contribution in [2.45, 2.75) is 0 Å². The highest BCUT2D eigenvalue weighted by Crippen LogP contribution is 2.25. The van der Waals surface area contributed by atoms with Crippen LogP contribution in [0.3, 0.4) is 0 Å². The number of hydrogen-bond donors (Lipinski definition) is 1. The lowest BCUT2D eigenvalue weighted by Crippen LogP contribution is -2.19. The molecule has 0 aliphatic heterocycles. The average molecular weight is 325 g/mol. The van der Waals surface area contributed by atoms with Crippen molar-refractivity contribution in [1.82, 2.24) is 9.97 Å². The molecule has 8 heteroatoms. The number of nitrogens with zero attached hydrogens (tertiary/aromatic N) is 3. The summed E-state index contributed by atoms with van der Waals surface area (Å²) < 4.78 is 18.7. The van der Waals surface area contributed by atoms with Gasteiger partial charge in [0, 0.05) is 14.1 Å². The minimum Gasteiger partial charge on any atom is -0.467 e. The number of hydrogen-bond acceptors (Lipinski definition) is 5. The first-order valence-electron chi connectivity index (χ1n) is 6.27. The Morgan fingerprint density at radius 2 is 2.14 bits per heavy atom. The molecule has 1 aromatic heterocycles. The summed E-state index contributed by atoms with van der Waals surface area (Å²) in [6.45, 7) is 0. The highest BCUT2D eigenvalue weighted by Gasteiger charge is 2.18. The molecule has 2 rings (SSSR count). The maximum Gasteiger partial charge on any atom is 0.318 e. The second kappa shape index (κ2) is 6.57. The zero-order chi connectivity index (χ0) is 16.3. The average Bonchev–Trinajstić information content (AvgIpc) is 2.47. The number of rotatable bonds is 4. The van der Waals surface area contributed by atoms with E-state index < -0.39 is 11.7 Å². The van der Waals surface area contributed by atoms with Gasteiger partial charge in [0.25, 0.3) is 5.91 Å². The van der Waals surface area contributed by atoms with Crippen molar-refractivity contribution < 1.29 is 13.9 Å². The van der Waals surface area contributed by atoms with Crippen molar-refractivity contribution in [1.29, 1.82) is 0 Å². The Labute approximate surface area is 131 Å². The maximum absolute atomic E-state index is 13.8. The van der Waals surface area contributed by atoms with E-state index in [2.05, 4.69) is 15.3 Å². The summed E-state index contributed by atoms with van der Waals surface area (Å²) in [6.07, 6.45) is 1.38. The monoisotopic (exact) mass is 324 g/mol. The zero-order valence-corrected chi connectivity index (χ0v) is 13.0. The van der Waals surface area contributed by atoms with Crippen LogP contribution in [0.15, 0.2) is 24.4 Å². The fourth-order valence-corrected chi connectivity index (χ4v) is 2.03. The fraction of sp³-hybridized carbons (Fsp3) is 0.214. The predicted molar refractivity (Wildman–Crippen MR) is 82.3 cm³/mol. The number of aromatic nitrogens is 2. The van der Waals surface area contributed by atoms with Crippen molar-refractivity contribution in [2.24, 2.45) is 0 Å². The van der Waals surface area contributed by atoms with Crippen LogP contribution in [0.5, 0.6) is 6.01 Å². The molecule has 1 heterocycles. The van der Waals surface area contributed by atoms with Gasteiger partial charge in [0.1, 0.15) is 11.5 Å². The number of ether oxygens (including phenoxy) is 1. The van der Waals surface area contributed by atoms with Crippen LogP contribution in [0.25, 0.3) is 0 Å². The normalized spacial score (nSPS) is 10.2. The lowest BCUT2D eigenvalue weighted by atomic mass is 10.2. The van der Waals surface area contributed by atoms with E-state index in [0.29, 0.717) is 11.5 Å². The van der Waals surface area contributed by atoms with Gasteiger partial charge < -0.3 is 15.0 Å². The molecule has 1 amide bonds. The quantitative estimate of drug-likeness (QED) is 0.936. The summed E-state index contributed by atoms with van der Waals surface area (Å²) in [7, 11) is 4.92. The van der Waals surface area contributed by atoms with Crippen molar-refractivity contribution in [3.05, 3.63) is 40.8 Å². The van der Waals surface area contributed by atoms with Gasteiger partial charge in [0.2, 0.25) is 0 Å². The van der Waals surface area contributed by atoms with Crippen molar-refractivity contribution in [3.8, 4) is 6.01 Å². The van der Waals surface area contributed by atoms with Crippen LogP contribution in [-0.4, -0.2) is 37.1 Å². The van der Waals surface area contributed by atoms with Gasteiger partial charge in [-0.2, -0.15) is 4.98 Å². The summed E-state index contributed by atoms with van der Waals surface area (Å²) in [5.41, 5.74) is 0.0832. The third kappa shape index (κ3) is 3.25. The van der Waals surface area contributed by atoms with Crippen LogP contribution in [0, 0.1) is 5.82 Å². The van der Waals surface area contributed by atoms with Gasteiger partial charge in [-0.15, -0.1) is 0 Å². The lowest BCUT2D eigenvalue weighted by Gasteiger charge is -2.17. The maximum atomic E-state index is 13.8. The molecule has 0 unspecified atom stereocenters. The van der Waals surface area contributed by atoms with E-state index in [4.69, 9.17) is 16.3 Å². The molecular formula is C14H14ClFN4O2. The van der Waals surface area contributed by atoms with Crippen LogP contribution < -0.4 is 15.0 Å². The minimum absolute atomic E-state index is 0.0262. The van der Waals surface area contributed by atoms with Crippen LogP contribution in [0.2, 0.25) is 5.02 Å². The van der Waals surface area contributed by atoms with E-state index >= 15 is 0 Å². The third-order valence-electron chi connectivity index (χ3n) is 2.79. The Morgan fingerprint density at radius 1 is 1.41 bits per heavy atom. The van der Waals surface area contributed by atoms with E-state index in [1.165, 1.54) is 25.4 Å². The Bertz CT molecular complexity index is 689. The molecule has 6 nitrogen and oxygen atoms in total. The Hall–Kier alpha value is -2.41. The topological polar surface area (TPSA) is 67.3 Å². The summed E-state index contributed by atoms with van der Waals surface area (Å²) in [5, 5.41) is 2.58. The summed E-state index contributed by atoms with van der Waals surface area (Å²) in [5.74, 6) is -0.960. The molecule has 1 N–H and O–H groups in total. The molecule has 0 saturated heterocycles. The number of amides is 1. The van der Waals surface area contributed by atoms with Gasteiger partial charge in [-0.05, 0) is 12.1 Å². The molecule has 0 radical (unpaired) electrons. The number of carbonyl (C=O) groups is 1. The first kappa shape index (κ1) is 16.0. The predicted octanol–water partition coefficient (Wildman–Crippen LogP) is 2.60. The van der Waals surface area contributed by atoms with Gasteiger partial charge in [-0.1, -0.05) is 17.7 Å². The molecule has 22 heavy (non-hydrogen) atoms. The number of halogens is 2. The molecule has 2 aromatic rings. The first-order valence-corrected chi connectivity index (χ1v) is 6.65. The molecule has 1 aromatic carbocycles. The molecule has 0 fully saturated rings. The minimum atomic E-state index is -0.703. The highest BCUT2D eigenvalue weighted by atomic mass is 35.5. The number of benzene rings is 1. The largest absolute Gasteiger partial charge is 0.467 e. The van der Waals surface area contributed by atoms with Crippen molar-refractivity contribution in [2.75, 3.05) is 31.4 Å². The fourth-order valence-electron chi connectivity index (χ4n) is 1.78. The van der Waals surface area contributed by atoms with Gasteiger partial charge in [-0.25, -0.2) is 9.37 Å². The first-order chi connectivity index (χ1) is 10.4. The SMILES string of the molecule is COc1ncc(NC(=O)c2c(F)cccc2Cl)c(N(C)C)n1. The smallest absolute Gasteiger partial charge is 0.318 e. The van der Waals surface area contributed by atoms with E-state index in [0.717, 1.165) is 6.07 Å². The highest BCUT2D eigenvalue weighted by molar-refractivity contribution is 6.34. The Balaban J connectivity index is 2.36. The van der Waals surface area contributed by atoms with E-state index in [-0.39, 0.29) is 16.6 Å². The van der Waals surface area contributed by atoms with Gasteiger partial charge in [-0.3, -0.25) is 4.79 Å². The number of methoxy groups -OCH3 is 1. The number of carbonyl (C=O) groups excluding carboxylic acids is 1. The molecule has 116 valence electrons. The van der Waals surface area contributed by atoms with E-state index in [1.54, 1.807) is 19.0 Å². The molecular weight excluding hydrogens is 311 g/mol. The Morgan fingerprint density at radius 3 is 2.73 bits per heavy atom. The van der Waals surface area contributed by atoms with Crippen molar-refractivity contribution in [3.63, 3.8) is 0 Å². The van der Waals surface area contributed by atoms with Gasteiger partial charge in [0.15, 0.2) is 5.82 Å². The van der Waals surface area contributed by atoms with Crippen LogP contribution in [-0.2, 0) is 0 Å². The van der Waals surface area contributed by atoms with Gasteiger partial charge >= 0.3 is 6.01 Å². The van der Waals surface area contributed by atoms with Gasteiger partial charge in [0.05, 0.1) is 23.9 Å². The molecule has 0 atom stereocenters. The standard InChI is InChI=1S/C14H14ClFN4O2/c1-20(2)12-10(7-17-14(19-12)22-3)18-13(21)11-8(15)5-4-6-9(11)16/h4-7H,1-3H3,(H,18,21). The molecule has 0 bridgehead atoms. The molecule has 0 aliphatic carbocycles. The van der Waals surface area contributed by atoms with E-state index in [1.807, 2.05) is 0 Å². The zero-order valence-electron chi connectivity index (χ0n) is 12.2. The molecule has 0 spiro atoms. The molecule has 0 saturated carbocycles. The Kier molecular flexibility index (Phi) is 4.77. The molecule has 0 aliphatic rings. The van der Waals surface area contributed by atoms with E-state index in [9.17, 15) is 9.18 Å². The third-order valence-corrected chi connectivity index (χ3v) is 3.11. The van der Waals surface area contributed by atoms with Crippen molar-refractivity contribution >= 4 is 29.0 Å².